The summed E-state index contributed by atoms with van der Waals surface area (Å²) in [4.78, 5) is 8.49. The van der Waals surface area contributed by atoms with Gasteiger partial charge in [-0.05, 0) is 43.9 Å². The number of ether oxygens (including phenoxy) is 1. The Morgan fingerprint density at radius 3 is 2.61 bits per heavy atom. The topological polar surface area (TPSA) is 28.6 Å². The van der Waals surface area contributed by atoms with Crippen molar-refractivity contribution in [2.24, 2.45) is 0 Å². The number of hydrogen-bond acceptors (Lipinski definition) is 4. The van der Waals surface area contributed by atoms with Crippen molar-refractivity contribution >= 4 is 0 Å². The van der Waals surface area contributed by atoms with E-state index in [0.29, 0.717) is 17.9 Å². The standard InChI is InChI=1S/C18H24FN3O/c1-21(2)9-10-22(13-15-5-4-8-20-12-15)14-16-11-17(23-3)6-7-18(16)19/h4-8,11-12H,9-10,13-14H2,1-3H3. The molecule has 5 heteroatoms. The van der Waals surface area contributed by atoms with E-state index < -0.39 is 0 Å². The molecule has 4 nitrogen and oxygen atoms in total. The van der Waals surface area contributed by atoms with Crippen molar-refractivity contribution in [2.45, 2.75) is 13.1 Å². The van der Waals surface area contributed by atoms with Crippen molar-refractivity contribution in [3.05, 3.63) is 59.7 Å². The van der Waals surface area contributed by atoms with Gasteiger partial charge in [0.25, 0.3) is 0 Å². The van der Waals surface area contributed by atoms with Crippen LogP contribution in [0.3, 0.4) is 0 Å². The van der Waals surface area contributed by atoms with Crippen molar-refractivity contribution in [2.75, 3.05) is 34.3 Å². The number of aromatic nitrogens is 1. The molecule has 23 heavy (non-hydrogen) atoms. The quantitative estimate of drug-likeness (QED) is 0.748. The third kappa shape index (κ3) is 5.62. The van der Waals surface area contributed by atoms with E-state index in [1.54, 1.807) is 25.4 Å². The molecule has 0 bridgehead atoms. The number of rotatable bonds is 8. The molecule has 2 rings (SSSR count). The highest BCUT2D eigenvalue weighted by Crippen LogP contribution is 2.19. The van der Waals surface area contributed by atoms with Crippen molar-refractivity contribution in [3.8, 4) is 5.75 Å². The highest BCUT2D eigenvalue weighted by atomic mass is 19.1. The summed E-state index contributed by atoms with van der Waals surface area (Å²) in [6.45, 7) is 3.02. The molecule has 0 aliphatic carbocycles. The first-order valence-corrected chi connectivity index (χ1v) is 7.67. The summed E-state index contributed by atoms with van der Waals surface area (Å²) in [7, 11) is 5.67. The smallest absolute Gasteiger partial charge is 0.127 e. The van der Waals surface area contributed by atoms with Crippen LogP contribution in [0, 0.1) is 5.82 Å². The van der Waals surface area contributed by atoms with Gasteiger partial charge in [0, 0.05) is 44.1 Å². The van der Waals surface area contributed by atoms with E-state index >= 15 is 0 Å². The third-order valence-corrected chi connectivity index (χ3v) is 3.64. The highest BCUT2D eigenvalue weighted by Gasteiger charge is 2.12. The molecule has 2 aromatic rings. The fourth-order valence-corrected chi connectivity index (χ4v) is 2.35. The second kappa shape index (κ2) is 8.60. The van der Waals surface area contributed by atoms with Crippen LogP contribution in [0.1, 0.15) is 11.1 Å². The lowest BCUT2D eigenvalue weighted by Gasteiger charge is -2.24. The monoisotopic (exact) mass is 317 g/mol. The maximum absolute atomic E-state index is 14.1. The minimum Gasteiger partial charge on any atom is -0.497 e. The van der Waals surface area contributed by atoms with E-state index in [2.05, 4.69) is 14.8 Å². The third-order valence-electron chi connectivity index (χ3n) is 3.64. The zero-order valence-corrected chi connectivity index (χ0v) is 14.0. The number of halogens is 1. The number of nitrogens with zero attached hydrogens (tertiary/aromatic N) is 3. The molecule has 1 heterocycles. The molecule has 0 unspecified atom stereocenters. The Morgan fingerprint density at radius 2 is 1.96 bits per heavy atom. The molecule has 0 fully saturated rings. The lowest BCUT2D eigenvalue weighted by atomic mass is 10.1. The van der Waals surface area contributed by atoms with E-state index in [0.717, 1.165) is 25.2 Å². The average Bonchev–Trinajstić information content (AvgIpc) is 2.55. The molecule has 0 N–H and O–H groups in total. The highest BCUT2D eigenvalue weighted by molar-refractivity contribution is 5.29. The van der Waals surface area contributed by atoms with Crippen LogP contribution in [-0.2, 0) is 13.1 Å². The molecule has 0 aliphatic rings. The molecule has 0 spiro atoms. The number of pyridine rings is 1. The summed E-state index contributed by atoms with van der Waals surface area (Å²) < 4.78 is 19.3. The van der Waals surface area contributed by atoms with Crippen LogP contribution in [0.25, 0.3) is 0 Å². The van der Waals surface area contributed by atoms with Gasteiger partial charge in [-0.15, -0.1) is 0 Å². The Hall–Kier alpha value is -1.98. The molecule has 0 aliphatic heterocycles. The SMILES string of the molecule is COc1ccc(F)c(CN(CCN(C)C)Cc2cccnc2)c1. The van der Waals surface area contributed by atoms with Gasteiger partial charge in [-0.2, -0.15) is 0 Å². The molecule has 124 valence electrons. The zero-order chi connectivity index (χ0) is 16.7. The summed E-state index contributed by atoms with van der Waals surface area (Å²) in [5.41, 5.74) is 1.77. The van der Waals surface area contributed by atoms with Gasteiger partial charge < -0.3 is 9.64 Å². The Morgan fingerprint density at radius 1 is 1.13 bits per heavy atom. The van der Waals surface area contributed by atoms with Crippen LogP contribution in [0.2, 0.25) is 0 Å². The number of likely N-dealkylation sites (N-methyl/N-ethyl adjacent to an activating group) is 1. The van der Waals surface area contributed by atoms with Crippen molar-refractivity contribution in [1.29, 1.82) is 0 Å². The molecular formula is C18H24FN3O. The molecule has 0 saturated heterocycles. The van der Waals surface area contributed by atoms with Crippen LogP contribution in [0.5, 0.6) is 5.75 Å². The average molecular weight is 317 g/mol. The largest absolute Gasteiger partial charge is 0.497 e. The van der Waals surface area contributed by atoms with E-state index in [1.165, 1.54) is 6.07 Å². The predicted octanol–water partition coefficient (Wildman–Crippen LogP) is 2.79. The summed E-state index contributed by atoms with van der Waals surface area (Å²) in [6, 6.07) is 8.83. The van der Waals surface area contributed by atoms with Gasteiger partial charge in [0.1, 0.15) is 11.6 Å². The normalized spacial score (nSPS) is 11.2. The minimum atomic E-state index is -0.202. The fraction of sp³-hybridized carbons (Fsp3) is 0.389. The first kappa shape index (κ1) is 17.4. The van der Waals surface area contributed by atoms with Crippen LogP contribution < -0.4 is 4.74 Å². The van der Waals surface area contributed by atoms with Gasteiger partial charge in [0.05, 0.1) is 7.11 Å². The molecule has 0 saturated carbocycles. The number of benzene rings is 1. The lowest BCUT2D eigenvalue weighted by molar-refractivity contribution is 0.223. The van der Waals surface area contributed by atoms with Crippen LogP contribution in [-0.4, -0.2) is 49.1 Å². The maximum Gasteiger partial charge on any atom is 0.127 e. The van der Waals surface area contributed by atoms with Crippen molar-refractivity contribution in [1.82, 2.24) is 14.8 Å². The Bertz CT molecular complexity index is 604. The molecular weight excluding hydrogens is 293 g/mol. The molecule has 1 aromatic heterocycles. The maximum atomic E-state index is 14.1. The number of hydrogen-bond donors (Lipinski definition) is 0. The minimum absolute atomic E-state index is 0.202. The summed E-state index contributed by atoms with van der Waals surface area (Å²) >= 11 is 0. The zero-order valence-electron chi connectivity index (χ0n) is 14.0. The van der Waals surface area contributed by atoms with E-state index in [-0.39, 0.29) is 5.82 Å². The molecule has 1 aromatic carbocycles. The van der Waals surface area contributed by atoms with Crippen molar-refractivity contribution in [3.63, 3.8) is 0 Å². The number of methoxy groups -OCH3 is 1. The first-order valence-electron chi connectivity index (χ1n) is 7.67. The summed E-state index contributed by atoms with van der Waals surface area (Å²) in [5.74, 6) is 0.474. The molecule has 0 radical (unpaired) electrons. The Balaban J connectivity index is 2.13. The van der Waals surface area contributed by atoms with Gasteiger partial charge in [-0.1, -0.05) is 6.07 Å². The van der Waals surface area contributed by atoms with Gasteiger partial charge >= 0.3 is 0 Å². The van der Waals surface area contributed by atoms with E-state index in [9.17, 15) is 4.39 Å². The van der Waals surface area contributed by atoms with Gasteiger partial charge in [0.2, 0.25) is 0 Å². The molecule has 0 amide bonds. The molecule has 0 atom stereocenters. The van der Waals surface area contributed by atoms with Crippen molar-refractivity contribution < 1.29 is 9.13 Å². The van der Waals surface area contributed by atoms with Gasteiger partial charge in [-0.25, -0.2) is 4.39 Å². The van der Waals surface area contributed by atoms with Crippen LogP contribution in [0.15, 0.2) is 42.7 Å². The van der Waals surface area contributed by atoms with E-state index in [4.69, 9.17) is 4.74 Å². The Kier molecular flexibility index (Phi) is 6.50. The predicted molar refractivity (Wildman–Crippen MR) is 89.9 cm³/mol. The fourth-order valence-electron chi connectivity index (χ4n) is 2.35. The van der Waals surface area contributed by atoms with Gasteiger partial charge in [-0.3, -0.25) is 9.88 Å². The second-order valence-electron chi connectivity index (χ2n) is 5.83. The second-order valence-corrected chi connectivity index (χ2v) is 5.83. The first-order chi connectivity index (χ1) is 11.1. The van der Waals surface area contributed by atoms with Crippen LogP contribution in [0.4, 0.5) is 4.39 Å². The summed E-state index contributed by atoms with van der Waals surface area (Å²) in [6.07, 6.45) is 3.61. The van der Waals surface area contributed by atoms with Crippen LogP contribution >= 0.6 is 0 Å². The summed E-state index contributed by atoms with van der Waals surface area (Å²) in [5, 5.41) is 0. The lowest BCUT2D eigenvalue weighted by Crippen LogP contribution is -2.31. The Labute approximate surface area is 137 Å². The van der Waals surface area contributed by atoms with Gasteiger partial charge in [0.15, 0.2) is 0 Å². The van der Waals surface area contributed by atoms with E-state index in [1.807, 2.05) is 32.4 Å².